The standard InChI is InChI=1S/C21H24BrNO3/c1-25-17-9-14(22)12-8-15-13-4-5-16(24)20-21(13,18(12)19(17)26-20)6-7-23(15)10-11-2-3-11/h9,11,13,15,20H,2-8,10H2,1H3/t13?,15?,20-,21-/m1/s1. The number of methoxy groups -OCH3 is 1. The molecule has 1 aromatic carbocycles. The zero-order chi connectivity index (χ0) is 17.6. The van der Waals surface area contributed by atoms with Crippen LogP contribution in [0.2, 0.25) is 0 Å². The van der Waals surface area contributed by atoms with Crippen LogP contribution in [0.3, 0.4) is 0 Å². The van der Waals surface area contributed by atoms with Crippen LogP contribution in [0.25, 0.3) is 0 Å². The lowest BCUT2D eigenvalue weighted by Crippen LogP contribution is -2.66. The van der Waals surface area contributed by atoms with E-state index in [0.717, 1.165) is 47.7 Å². The van der Waals surface area contributed by atoms with Crippen molar-refractivity contribution >= 4 is 21.7 Å². The lowest BCUT2D eigenvalue weighted by atomic mass is 9.51. The molecule has 138 valence electrons. The minimum Gasteiger partial charge on any atom is -0.493 e. The predicted molar refractivity (Wildman–Crippen MR) is 101 cm³/mol. The monoisotopic (exact) mass is 417 g/mol. The number of halogens is 1. The molecular formula is C21H24BrNO3. The second kappa shape index (κ2) is 5.26. The summed E-state index contributed by atoms with van der Waals surface area (Å²) in [4.78, 5) is 15.6. The molecule has 6 rings (SSSR count). The molecule has 0 radical (unpaired) electrons. The van der Waals surface area contributed by atoms with E-state index >= 15 is 0 Å². The van der Waals surface area contributed by atoms with Gasteiger partial charge >= 0.3 is 0 Å². The number of likely N-dealkylation sites (tertiary alicyclic amines) is 1. The molecule has 0 amide bonds. The zero-order valence-corrected chi connectivity index (χ0v) is 16.7. The van der Waals surface area contributed by atoms with Crippen LogP contribution in [0, 0.1) is 11.8 Å². The fourth-order valence-electron chi connectivity index (χ4n) is 6.45. The fraction of sp³-hybridized carbons (Fsp3) is 0.667. The number of hydrogen-bond donors (Lipinski definition) is 0. The highest BCUT2D eigenvalue weighted by atomic mass is 79.9. The van der Waals surface area contributed by atoms with Crippen molar-refractivity contribution in [3.05, 3.63) is 21.7 Å². The number of piperidine rings is 1. The first-order valence-corrected chi connectivity index (χ1v) is 10.8. The van der Waals surface area contributed by atoms with Gasteiger partial charge in [-0.25, -0.2) is 0 Å². The van der Waals surface area contributed by atoms with E-state index in [-0.39, 0.29) is 17.3 Å². The Balaban J connectivity index is 1.56. The summed E-state index contributed by atoms with van der Waals surface area (Å²) in [6.07, 6.45) is 6.27. The Bertz CT molecular complexity index is 820. The van der Waals surface area contributed by atoms with Crippen molar-refractivity contribution < 1.29 is 14.3 Å². The van der Waals surface area contributed by atoms with Crippen molar-refractivity contribution in [3.8, 4) is 11.5 Å². The molecule has 4 nitrogen and oxygen atoms in total. The molecule has 26 heavy (non-hydrogen) atoms. The summed E-state index contributed by atoms with van der Waals surface area (Å²) in [6, 6.07) is 2.58. The lowest BCUT2D eigenvalue weighted by Gasteiger charge is -2.58. The number of ketones is 1. The van der Waals surface area contributed by atoms with Gasteiger partial charge in [-0.05, 0) is 62.1 Å². The van der Waals surface area contributed by atoms with Gasteiger partial charge in [0.15, 0.2) is 23.4 Å². The van der Waals surface area contributed by atoms with E-state index in [1.807, 2.05) is 6.07 Å². The highest BCUT2D eigenvalue weighted by Gasteiger charge is 2.66. The number of benzene rings is 1. The van der Waals surface area contributed by atoms with Crippen LogP contribution in [-0.4, -0.2) is 43.0 Å². The summed E-state index contributed by atoms with van der Waals surface area (Å²) in [7, 11) is 1.69. The molecule has 4 atom stereocenters. The first-order chi connectivity index (χ1) is 12.6. The van der Waals surface area contributed by atoms with Gasteiger partial charge in [0.1, 0.15) is 0 Å². The number of rotatable bonds is 3. The largest absolute Gasteiger partial charge is 0.493 e. The van der Waals surface area contributed by atoms with Crippen LogP contribution in [-0.2, 0) is 16.6 Å². The Morgan fingerprint density at radius 1 is 1.38 bits per heavy atom. The number of hydrogen-bond acceptors (Lipinski definition) is 4. The zero-order valence-electron chi connectivity index (χ0n) is 15.1. The third-order valence-corrected chi connectivity index (χ3v) is 8.40. The Labute approximate surface area is 162 Å². The maximum atomic E-state index is 12.9. The summed E-state index contributed by atoms with van der Waals surface area (Å²) in [5.41, 5.74) is 2.54. The minimum atomic E-state index is -0.302. The van der Waals surface area contributed by atoms with Crippen LogP contribution in [0.5, 0.6) is 11.5 Å². The van der Waals surface area contributed by atoms with Crippen LogP contribution in [0.15, 0.2) is 10.5 Å². The second-order valence-corrected chi connectivity index (χ2v) is 9.71. The van der Waals surface area contributed by atoms with Gasteiger partial charge in [-0.3, -0.25) is 9.69 Å². The highest BCUT2D eigenvalue weighted by molar-refractivity contribution is 9.10. The van der Waals surface area contributed by atoms with E-state index in [1.54, 1.807) is 7.11 Å². The maximum Gasteiger partial charge on any atom is 0.174 e. The lowest BCUT2D eigenvalue weighted by molar-refractivity contribution is -0.138. The normalized spacial score (nSPS) is 37.3. The molecule has 0 N–H and O–H groups in total. The van der Waals surface area contributed by atoms with Crippen LogP contribution >= 0.6 is 15.9 Å². The number of carbonyl (C=O) groups is 1. The number of nitrogens with zero attached hydrogens (tertiary/aromatic N) is 1. The Morgan fingerprint density at radius 3 is 3.00 bits per heavy atom. The third-order valence-electron chi connectivity index (χ3n) is 7.69. The van der Waals surface area contributed by atoms with Crippen LogP contribution in [0.1, 0.15) is 43.2 Å². The topological polar surface area (TPSA) is 38.8 Å². The third kappa shape index (κ3) is 1.86. The first-order valence-electron chi connectivity index (χ1n) is 9.96. The van der Waals surface area contributed by atoms with Crippen molar-refractivity contribution in [2.75, 3.05) is 20.2 Å². The number of ether oxygens (including phenoxy) is 2. The molecule has 3 aliphatic carbocycles. The Kier molecular flexibility index (Phi) is 3.22. The average molecular weight is 418 g/mol. The molecule has 2 saturated carbocycles. The van der Waals surface area contributed by atoms with Crippen molar-refractivity contribution in [2.24, 2.45) is 11.8 Å². The molecule has 3 fully saturated rings. The van der Waals surface area contributed by atoms with Gasteiger partial charge in [0, 0.05) is 34.5 Å². The summed E-state index contributed by atoms with van der Waals surface area (Å²) in [6.45, 7) is 2.34. The molecule has 5 aliphatic rings. The molecule has 1 aromatic rings. The second-order valence-electron chi connectivity index (χ2n) is 8.85. The quantitative estimate of drug-likeness (QED) is 0.754. The number of carbonyl (C=O) groups excluding carboxylic acids is 1. The van der Waals surface area contributed by atoms with Crippen molar-refractivity contribution in [3.63, 3.8) is 0 Å². The average Bonchev–Trinajstić information content (AvgIpc) is 3.38. The van der Waals surface area contributed by atoms with Gasteiger partial charge in [0.25, 0.3) is 0 Å². The maximum absolute atomic E-state index is 12.9. The Morgan fingerprint density at radius 2 is 2.23 bits per heavy atom. The predicted octanol–water partition coefficient (Wildman–Crippen LogP) is 3.48. The van der Waals surface area contributed by atoms with E-state index in [4.69, 9.17) is 9.47 Å². The highest BCUT2D eigenvalue weighted by Crippen LogP contribution is 2.64. The summed E-state index contributed by atoms with van der Waals surface area (Å²) >= 11 is 3.81. The van der Waals surface area contributed by atoms with Gasteiger partial charge in [0.2, 0.25) is 0 Å². The van der Waals surface area contributed by atoms with Gasteiger partial charge in [-0.15, -0.1) is 0 Å². The molecule has 2 heterocycles. The molecular weight excluding hydrogens is 394 g/mol. The minimum absolute atomic E-state index is 0.125. The summed E-state index contributed by atoms with van der Waals surface area (Å²) < 4.78 is 13.1. The molecule has 2 aliphatic heterocycles. The number of Topliss-reactive ketones (excluding diaryl/α,β-unsaturated/α-hetero) is 1. The molecule has 1 saturated heterocycles. The molecule has 2 unspecified atom stereocenters. The fourth-order valence-corrected chi connectivity index (χ4v) is 7.01. The first kappa shape index (κ1) is 15.9. The summed E-state index contributed by atoms with van der Waals surface area (Å²) in [5, 5.41) is 0. The van der Waals surface area contributed by atoms with Gasteiger partial charge < -0.3 is 9.47 Å². The van der Waals surface area contributed by atoms with Gasteiger partial charge in [0.05, 0.1) is 7.11 Å². The van der Waals surface area contributed by atoms with Crippen molar-refractivity contribution in [1.29, 1.82) is 0 Å². The molecule has 5 heteroatoms. The van der Waals surface area contributed by atoms with Crippen molar-refractivity contribution in [2.45, 2.75) is 56.1 Å². The summed E-state index contributed by atoms with van der Waals surface area (Å²) in [5.74, 6) is 3.35. The van der Waals surface area contributed by atoms with E-state index in [2.05, 4.69) is 20.8 Å². The molecule has 1 spiro atoms. The molecule has 2 bridgehead atoms. The van der Waals surface area contributed by atoms with Crippen LogP contribution in [0.4, 0.5) is 0 Å². The Hall–Kier alpha value is -1.07. The van der Waals surface area contributed by atoms with E-state index in [9.17, 15) is 4.79 Å². The van der Waals surface area contributed by atoms with E-state index < -0.39 is 0 Å². The SMILES string of the molecule is COc1cc(Br)c2c3c1O[C@@H]1C(=O)CCC4C(C2)N(CC2CC2)CC[C@]341. The van der Waals surface area contributed by atoms with Gasteiger partial charge in [-0.1, -0.05) is 15.9 Å². The van der Waals surface area contributed by atoms with Crippen molar-refractivity contribution in [1.82, 2.24) is 4.90 Å². The van der Waals surface area contributed by atoms with Gasteiger partial charge in [-0.2, -0.15) is 0 Å². The smallest absolute Gasteiger partial charge is 0.174 e. The van der Waals surface area contributed by atoms with E-state index in [1.165, 1.54) is 30.5 Å². The van der Waals surface area contributed by atoms with Crippen LogP contribution < -0.4 is 9.47 Å². The molecule has 0 aromatic heterocycles. The van der Waals surface area contributed by atoms with E-state index in [0.29, 0.717) is 18.4 Å².